The van der Waals surface area contributed by atoms with Gasteiger partial charge in [0.05, 0.1) is 5.56 Å². The van der Waals surface area contributed by atoms with Crippen LogP contribution in [0.5, 0.6) is 11.5 Å². The van der Waals surface area contributed by atoms with Crippen molar-refractivity contribution in [1.82, 2.24) is 0 Å². The first-order valence-corrected chi connectivity index (χ1v) is 8.89. The van der Waals surface area contributed by atoms with Crippen LogP contribution in [0.4, 0.5) is 17.6 Å². The second kappa shape index (κ2) is 8.96. The van der Waals surface area contributed by atoms with E-state index in [2.05, 4.69) is 0 Å². The summed E-state index contributed by atoms with van der Waals surface area (Å²) in [5, 5.41) is 0. The van der Waals surface area contributed by atoms with Crippen molar-refractivity contribution in [3.63, 3.8) is 0 Å². The Kier molecular flexibility index (Phi) is 6.39. The molecule has 3 nitrogen and oxygen atoms in total. The van der Waals surface area contributed by atoms with Gasteiger partial charge in [0.1, 0.15) is 19.0 Å². The highest BCUT2D eigenvalue weighted by Crippen LogP contribution is 2.36. The first-order chi connectivity index (χ1) is 13.9. The minimum atomic E-state index is -4.61. The molecule has 0 aliphatic rings. The first kappa shape index (κ1) is 20.7. The van der Waals surface area contributed by atoms with Gasteiger partial charge in [0.15, 0.2) is 11.5 Å². The zero-order chi connectivity index (χ0) is 20.9. The van der Waals surface area contributed by atoms with E-state index in [0.29, 0.717) is 29.7 Å². The molecular formula is C22H19F4NO2. The summed E-state index contributed by atoms with van der Waals surface area (Å²) in [6, 6.07) is 16.5. The molecule has 2 N–H and O–H groups in total. The molecule has 3 aromatic carbocycles. The third-order valence-electron chi connectivity index (χ3n) is 4.16. The lowest BCUT2D eigenvalue weighted by Gasteiger charge is -2.15. The van der Waals surface area contributed by atoms with Crippen LogP contribution in [0, 0.1) is 5.82 Å². The molecule has 0 atom stereocenters. The number of halogens is 4. The fourth-order valence-electron chi connectivity index (χ4n) is 2.74. The first-order valence-electron chi connectivity index (χ1n) is 8.89. The van der Waals surface area contributed by atoms with E-state index in [1.54, 1.807) is 18.2 Å². The number of nitrogens with two attached hydrogens (primary N) is 1. The number of alkyl halides is 3. The Morgan fingerprint density at radius 2 is 1.59 bits per heavy atom. The quantitative estimate of drug-likeness (QED) is 0.533. The van der Waals surface area contributed by atoms with E-state index in [1.165, 1.54) is 0 Å². The molecule has 0 radical (unpaired) electrons. The Labute approximate surface area is 165 Å². The summed E-state index contributed by atoms with van der Waals surface area (Å²) in [6.07, 6.45) is -4.61. The molecule has 0 bridgehead atoms. The maximum Gasteiger partial charge on any atom is 0.416 e. The van der Waals surface area contributed by atoms with Crippen LogP contribution in [0.1, 0.15) is 11.1 Å². The average Bonchev–Trinajstić information content (AvgIpc) is 2.71. The fraction of sp³-hybridized carbons (Fsp3) is 0.182. The summed E-state index contributed by atoms with van der Waals surface area (Å²) in [5.74, 6) is -0.203. The molecule has 152 valence electrons. The van der Waals surface area contributed by atoms with Crippen LogP contribution in [0.15, 0.2) is 66.7 Å². The van der Waals surface area contributed by atoms with Gasteiger partial charge in [-0.15, -0.1) is 0 Å². The SMILES string of the molecule is NCCOc1ccc(-c2ccc(C(F)(F)F)cc2F)cc1OCc1ccccc1. The number of hydrogen-bond donors (Lipinski definition) is 1. The maximum absolute atomic E-state index is 14.4. The summed E-state index contributed by atoms with van der Waals surface area (Å²) in [6.45, 7) is 0.807. The topological polar surface area (TPSA) is 44.5 Å². The smallest absolute Gasteiger partial charge is 0.416 e. The van der Waals surface area contributed by atoms with Gasteiger partial charge in [0.2, 0.25) is 0 Å². The average molecular weight is 405 g/mol. The summed E-state index contributed by atoms with van der Waals surface area (Å²) < 4.78 is 64.1. The Balaban J connectivity index is 1.91. The number of ether oxygens (including phenoxy) is 2. The van der Waals surface area contributed by atoms with Crippen LogP contribution < -0.4 is 15.2 Å². The molecule has 0 amide bonds. The maximum atomic E-state index is 14.4. The van der Waals surface area contributed by atoms with E-state index in [1.807, 2.05) is 30.3 Å². The van der Waals surface area contributed by atoms with E-state index in [9.17, 15) is 17.6 Å². The highest BCUT2D eigenvalue weighted by atomic mass is 19.4. The predicted octanol–water partition coefficient (Wildman–Crippen LogP) is 5.43. The lowest BCUT2D eigenvalue weighted by atomic mass is 10.0. The number of hydrogen-bond acceptors (Lipinski definition) is 3. The third-order valence-corrected chi connectivity index (χ3v) is 4.16. The van der Waals surface area contributed by atoms with Crippen LogP contribution in [-0.4, -0.2) is 13.2 Å². The third kappa shape index (κ3) is 5.26. The van der Waals surface area contributed by atoms with Gasteiger partial charge in [-0.25, -0.2) is 4.39 Å². The van der Waals surface area contributed by atoms with Gasteiger partial charge in [-0.3, -0.25) is 0 Å². The molecule has 0 fully saturated rings. The Morgan fingerprint density at radius 1 is 0.828 bits per heavy atom. The number of rotatable bonds is 7. The van der Waals surface area contributed by atoms with Gasteiger partial charge in [0, 0.05) is 12.1 Å². The Bertz CT molecular complexity index is 959. The van der Waals surface area contributed by atoms with E-state index in [4.69, 9.17) is 15.2 Å². The zero-order valence-electron chi connectivity index (χ0n) is 15.4. The largest absolute Gasteiger partial charge is 0.488 e. The minimum absolute atomic E-state index is 0.0351. The standard InChI is InChI=1S/C22H19F4NO2/c23-19-13-17(22(24,25)26)7-8-18(19)16-6-9-20(28-11-10-27)21(12-16)29-14-15-4-2-1-3-5-15/h1-9,12-13H,10-11,14,27H2. The van der Waals surface area contributed by atoms with Crippen molar-refractivity contribution in [1.29, 1.82) is 0 Å². The molecule has 0 spiro atoms. The van der Waals surface area contributed by atoms with E-state index >= 15 is 0 Å². The molecule has 0 saturated carbocycles. The van der Waals surface area contributed by atoms with E-state index in [0.717, 1.165) is 17.7 Å². The van der Waals surface area contributed by atoms with Crippen LogP contribution in [0.3, 0.4) is 0 Å². The second-order valence-electron chi connectivity index (χ2n) is 6.27. The molecule has 3 aromatic rings. The normalized spacial score (nSPS) is 11.3. The molecule has 0 aliphatic carbocycles. The summed E-state index contributed by atoms with van der Waals surface area (Å²) in [5.41, 5.74) is 5.76. The molecule has 29 heavy (non-hydrogen) atoms. The summed E-state index contributed by atoms with van der Waals surface area (Å²) >= 11 is 0. The lowest BCUT2D eigenvalue weighted by Crippen LogP contribution is -2.11. The van der Waals surface area contributed by atoms with Crippen molar-refractivity contribution < 1.29 is 27.0 Å². The zero-order valence-corrected chi connectivity index (χ0v) is 15.4. The molecule has 0 heterocycles. The van der Waals surface area contributed by atoms with E-state index in [-0.39, 0.29) is 18.8 Å². The van der Waals surface area contributed by atoms with Gasteiger partial charge >= 0.3 is 6.18 Å². The van der Waals surface area contributed by atoms with Gasteiger partial charge < -0.3 is 15.2 Å². The predicted molar refractivity (Wildman–Crippen MR) is 102 cm³/mol. The van der Waals surface area contributed by atoms with Crippen molar-refractivity contribution in [2.75, 3.05) is 13.2 Å². The van der Waals surface area contributed by atoms with E-state index < -0.39 is 17.6 Å². The highest BCUT2D eigenvalue weighted by Gasteiger charge is 2.31. The molecule has 3 rings (SSSR count). The number of benzene rings is 3. The van der Waals surface area contributed by atoms with Crippen molar-refractivity contribution in [2.45, 2.75) is 12.8 Å². The monoisotopic (exact) mass is 405 g/mol. The van der Waals surface area contributed by atoms with Gasteiger partial charge in [-0.05, 0) is 35.4 Å². The Morgan fingerprint density at radius 3 is 2.24 bits per heavy atom. The van der Waals surface area contributed by atoms with Crippen LogP contribution >= 0.6 is 0 Å². The second-order valence-corrected chi connectivity index (χ2v) is 6.27. The van der Waals surface area contributed by atoms with Crippen molar-refractivity contribution in [3.8, 4) is 22.6 Å². The molecular weight excluding hydrogens is 386 g/mol. The minimum Gasteiger partial charge on any atom is -0.488 e. The highest BCUT2D eigenvalue weighted by molar-refractivity contribution is 5.68. The summed E-state index contributed by atoms with van der Waals surface area (Å²) in [7, 11) is 0. The van der Waals surface area contributed by atoms with Gasteiger partial charge in [0.25, 0.3) is 0 Å². The van der Waals surface area contributed by atoms with Crippen LogP contribution in [0.25, 0.3) is 11.1 Å². The van der Waals surface area contributed by atoms with Crippen molar-refractivity contribution in [2.24, 2.45) is 5.73 Å². The molecule has 0 unspecified atom stereocenters. The Hall–Kier alpha value is -3.06. The van der Waals surface area contributed by atoms with Gasteiger partial charge in [-0.2, -0.15) is 13.2 Å². The van der Waals surface area contributed by atoms with Gasteiger partial charge in [-0.1, -0.05) is 42.5 Å². The summed E-state index contributed by atoms with van der Waals surface area (Å²) in [4.78, 5) is 0. The molecule has 7 heteroatoms. The molecule has 0 aromatic heterocycles. The van der Waals surface area contributed by atoms with Crippen molar-refractivity contribution in [3.05, 3.63) is 83.7 Å². The lowest BCUT2D eigenvalue weighted by molar-refractivity contribution is -0.137. The van der Waals surface area contributed by atoms with Crippen LogP contribution in [-0.2, 0) is 12.8 Å². The van der Waals surface area contributed by atoms with Crippen LogP contribution in [0.2, 0.25) is 0 Å². The fourth-order valence-corrected chi connectivity index (χ4v) is 2.74. The molecule has 0 saturated heterocycles. The van der Waals surface area contributed by atoms with Crippen molar-refractivity contribution >= 4 is 0 Å². The molecule has 0 aliphatic heterocycles.